The second-order valence-electron chi connectivity index (χ2n) is 9.48. The number of methoxy groups -OCH3 is 2. The van der Waals surface area contributed by atoms with Gasteiger partial charge in [-0.2, -0.15) is 0 Å². The van der Waals surface area contributed by atoms with Crippen molar-refractivity contribution in [2.75, 3.05) is 63.9 Å². The van der Waals surface area contributed by atoms with Gasteiger partial charge in [0, 0.05) is 49.4 Å². The van der Waals surface area contributed by atoms with Gasteiger partial charge in [-0.1, -0.05) is 17.8 Å². The van der Waals surface area contributed by atoms with Crippen LogP contribution in [0, 0.1) is 0 Å². The summed E-state index contributed by atoms with van der Waals surface area (Å²) >= 11 is 1.41. The number of piperazine rings is 1. The van der Waals surface area contributed by atoms with E-state index < -0.39 is 0 Å². The summed E-state index contributed by atoms with van der Waals surface area (Å²) in [5, 5.41) is 0. The largest absolute Gasteiger partial charge is 0.497 e. The van der Waals surface area contributed by atoms with E-state index in [-0.39, 0.29) is 11.8 Å². The average molecular weight is 560 g/mol. The molecule has 0 spiro atoms. The van der Waals surface area contributed by atoms with Crippen molar-refractivity contribution in [1.29, 1.82) is 0 Å². The van der Waals surface area contributed by atoms with Crippen LogP contribution in [0.2, 0.25) is 0 Å². The predicted molar refractivity (Wildman–Crippen MR) is 159 cm³/mol. The Morgan fingerprint density at radius 3 is 2.35 bits per heavy atom. The van der Waals surface area contributed by atoms with Gasteiger partial charge in [-0.25, -0.2) is 0 Å². The second kappa shape index (κ2) is 12.0. The van der Waals surface area contributed by atoms with Gasteiger partial charge in [-0.15, -0.1) is 0 Å². The number of carbonyl (C=O) groups excluding carboxylic acids is 2. The van der Waals surface area contributed by atoms with Crippen molar-refractivity contribution in [3.8, 4) is 17.2 Å². The number of likely N-dealkylation sites (N-methyl/N-ethyl adjacent to an activating group) is 1. The van der Waals surface area contributed by atoms with Gasteiger partial charge in [0.25, 0.3) is 11.8 Å². The highest BCUT2D eigenvalue weighted by molar-refractivity contribution is 8.04. The molecule has 5 rings (SSSR count). The van der Waals surface area contributed by atoms with E-state index in [0.717, 1.165) is 40.7 Å². The van der Waals surface area contributed by atoms with E-state index in [4.69, 9.17) is 14.2 Å². The number of hydrogen-bond acceptors (Lipinski definition) is 7. The van der Waals surface area contributed by atoms with Crippen molar-refractivity contribution in [2.24, 2.45) is 0 Å². The molecular formula is C31H33N3O5S. The summed E-state index contributed by atoms with van der Waals surface area (Å²) < 4.78 is 16.3. The molecule has 0 N–H and O–H groups in total. The Hall–Kier alpha value is -4.11. The fraction of sp³-hybridized carbons (Fsp3) is 0.290. The predicted octanol–water partition coefficient (Wildman–Crippen LogP) is 5.17. The van der Waals surface area contributed by atoms with Crippen molar-refractivity contribution in [3.63, 3.8) is 0 Å². The zero-order valence-corrected chi connectivity index (χ0v) is 24.0. The molecule has 2 aliphatic heterocycles. The van der Waals surface area contributed by atoms with Crippen LogP contribution >= 0.6 is 11.8 Å². The Morgan fingerprint density at radius 1 is 0.925 bits per heavy atom. The van der Waals surface area contributed by atoms with Gasteiger partial charge in [0.05, 0.1) is 31.4 Å². The molecule has 0 aliphatic carbocycles. The number of ether oxygens (including phenoxy) is 3. The number of rotatable bonds is 7. The molecule has 1 fully saturated rings. The standard InChI is InChI=1S/C31H33N3O5S/c1-5-39-26-12-6-21(18-27(26)38-4)19-29-31(36)32(2)25-20-22(7-13-28(25)40-29)30(35)34-16-14-33(15-17-34)23-8-10-24(37-3)11-9-23/h6-13,18-20H,5,14-17H2,1-4H3/b29-19+. The first-order chi connectivity index (χ1) is 19.4. The number of hydrogen-bond donors (Lipinski definition) is 0. The molecule has 0 atom stereocenters. The summed E-state index contributed by atoms with van der Waals surface area (Å²) in [6.07, 6.45) is 1.85. The molecule has 0 unspecified atom stereocenters. The highest BCUT2D eigenvalue weighted by Gasteiger charge is 2.29. The summed E-state index contributed by atoms with van der Waals surface area (Å²) in [6, 6.07) is 19.2. The third kappa shape index (κ3) is 5.60. The molecule has 0 radical (unpaired) electrons. The van der Waals surface area contributed by atoms with E-state index in [1.54, 1.807) is 26.2 Å². The molecule has 2 heterocycles. The number of thioether (sulfide) groups is 1. The van der Waals surface area contributed by atoms with Crippen molar-refractivity contribution in [2.45, 2.75) is 11.8 Å². The lowest BCUT2D eigenvalue weighted by molar-refractivity contribution is -0.114. The van der Waals surface area contributed by atoms with Crippen LogP contribution in [0.3, 0.4) is 0 Å². The first kappa shape index (κ1) is 27.5. The molecule has 0 bridgehead atoms. The van der Waals surface area contributed by atoms with E-state index in [1.165, 1.54) is 11.8 Å². The van der Waals surface area contributed by atoms with Gasteiger partial charge in [-0.05, 0) is 73.2 Å². The molecule has 208 valence electrons. The normalized spacial score (nSPS) is 16.1. The highest BCUT2D eigenvalue weighted by Crippen LogP contribution is 2.42. The maximum absolute atomic E-state index is 13.4. The first-order valence-corrected chi connectivity index (χ1v) is 14.0. The molecule has 0 aromatic heterocycles. The first-order valence-electron chi connectivity index (χ1n) is 13.2. The SMILES string of the molecule is CCOc1ccc(/C=C2/Sc3ccc(C(=O)N4CCN(c5ccc(OC)cc5)CC4)cc3N(C)C2=O)cc1OC. The quantitative estimate of drug-likeness (QED) is 0.370. The highest BCUT2D eigenvalue weighted by atomic mass is 32.2. The lowest BCUT2D eigenvalue weighted by atomic mass is 10.1. The van der Waals surface area contributed by atoms with Crippen LogP contribution in [0.25, 0.3) is 6.08 Å². The minimum Gasteiger partial charge on any atom is -0.497 e. The summed E-state index contributed by atoms with van der Waals surface area (Å²) in [7, 11) is 5.00. The van der Waals surface area contributed by atoms with Gasteiger partial charge >= 0.3 is 0 Å². The summed E-state index contributed by atoms with van der Waals surface area (Å²) in [4.78, 5) is 33.9. The molecule has 8 nitrogen and oxygen atoms in total. The summed E-state index contributed by atoms with van der Waals surface area (Å²) in [5.74, 6) is 1.96. The van der Waals surface area contributed by atoms with Crippen LogP contribution in [0.1, 0.15) is 22.8 Å². The zero-order chi connectivity index (χ0) is 28.2. The number of fused-ring (bicyclic) bond motifs is 1. The fourth-order valence-electron chi connectivity index (χ4n) is 4.87. The van der Waals surface area contributed by atoms with Crippen LogP contribution in [-0.4, -0.2) is 70.8 Å². The molecule has 2 aliphatic rings. The van der Waals surface area contributed by atoms with Gasteiger partial charge in [0.1, 0.15) is 5.75 Å². The molecule has 2 amide bonds. The molecule has 1 saturated heterocycles. The number of benzene rings is 3. The van der Waals surface area contributed by atoms with E-state index in [1.807, 2.05) is 78.6 Å². The van der Waals surface area contributed by atoms with Crippen molar-refractivity contribution in [1.82, 2.24) is 4.90 Å². The number of nitrogens with zero attached hydrogens (tertiary/aromatic N) is 3. The third-order valence-electron chi connectivity index (χ3n) is 7.09. The molecule has 0 saturated carbocycles. The van der Waals surface area contributed by atoms with Crippen LogP contribution in [0.15, 0.2) is 70.5 Å². The Labute approximate surface area is 239 Å². The molecular weight excluding hydrogens is 526 g/mol. The lowest BCUT2D eigenvalue weighted by Crippen LogP contribution is -2.48. The van der Waals surface area contributed by atoms with Gasteiger partial charge < -0.3 is 28.9 Å². The Kier molecular flexibility index (Phi) is 8.21. The maximum Gasteiger partial charge on any atom is 0.264 e. The molecule has 40 heavy (non-hydrogen) atoms. The minimum atomic E-state index is -0.122. The Bertz CT molecular complexity index is 1430. The number of amides is 2. The van der Waals surface area contributed by atoms with Crippen molar-refractivity contribution < 1.29 is 23.8 Å². The van der Waals surface area contributed by atoms with Gasteiger partial charge in [0.2, 0.25) is 0 Å². The fourth-order valence-corrected chi connectivity index (χ4v) is 5.96. The van der Waals surface area contributed by atoms with E-state index in [9.17, 15) is 9.59 Å². The smallest absolute Gasteiger partial charge is 0.264 e. The van der Waals surface area contributed by atoms with Crippen LogP contribution < -0.4 is 24.0 Å². The van der Waals surface area contributed by atoms with Crippen LogP contribution in [0.4, 0.5) is 11.4 Å². The average Bonchev–Trinajstić information content (AvgIpc) is 3.00. The minimum absolute atomic E-state index is 0.0224. The summed E-state index contributed by atoms with van der Waals surface area (Å²) in [5.41, 5.74) is 3.28. The zero-order valence-electron chi connectivity index (χ0n) is 23.2. The molecule has 9 heteroatoms. The third-order valence-corrected chi connectivity index (χ3v) is 8.17. The second-order valence-corrected chi connectivity index (χ2v) is 10.6. The van der Waals surface area contributed by atoms with Gasteiger partial charge in [0.15, 0.2) is 11.5 Å². The van der Waals surface area contributed by atoms with Crippen LogP contribution in [0.5, 0.6) is 17.2 Å². The number of anilines is 2. The Balaban J connectivity index is 1.29. The maximum atomic E-state index is 13.4. The van der Waals surface area contributed by atoms with Crippen molar-refractivity contribution >= 4 is 41.0 Å². The monoisotopic (exact) mass is 559 g/mol. The van der Waals surface area contributed by atoms with Gasteiger partial charge in [-0.3, -0.25) is 9.59 Å². The van der Waals surface area contributed by atoms with Crippen LogP contribution in [-0.2, 0) is 4.79 Å². The van der Waals surface area contributed by atoms with E-state index in [0.29, 0.717) is 41.7 Å². The van der Waals surface area contributed by atoms with E-state index >= 15 is 0 Å². The summed E-state index contributed by atoms with van der Waals surface area (Å²) in [6.45, 7) is 5.22. The Morgan fingerprint density at radius 2 is 1.68 bits per heavy atom. The topological polar surface area (TPSA) is 71.6 Å². The van der Waals surface area contributed by atoms with Crippen molar-refractivity contribution in [3.05, 3.63) is 76.7 Å². The number of carbonyl (C=O) groups is 2. The molecule has 3 aromatic carbocycles. The molecule has 3 aromatic rings. The lowest BCUT2D eigenvalue weighted by Gasteiger charge is -2.36. The van der Waals surface area contributed by atoms with E-state index in [2.05, 4.69) is 4.90 Å².